The smallest absolute Gasteiger partial charge is 0.0342 e. The summed E-state index contributed by atoms with van der Waals surface area (Å²) in [7, 11) is 0. The number of hydrogen-bond donors (Lipinski definition) is 3. The zero-order chi connectivity index (χ0) is 9.97. The molecule has 2 rings (SSSR count). The largest absolute Gasteiger partial charge is 0.329 e. The fourth-order valence-corrected chi connectivity index (χ4v) is 2.12. The molecule has 14 heavy (non-hydrogen) atoms. The summed E-state index contributed by atoms with van der Waals surface area (Å²) in [5, 5.41) is 3.41. The van der Waals surface area contributed by atoms with Crippen molar-refractivity contribution in [3.63, 3.8) is 0 Å². The van der Waals surface area contributed by atoms with E-state index in [1.807, 2.05) is 6.07 Å². The van der Waals surface area contributed by atoms with Gasteiger partial charge in [-0.2, -0.15) is 0 Å². The van der Waals surface area contributed by atoms with Gasteiger partial charge >= 0.3 is 0 Å². The fraction of sp³-hybridized carbons (Fsp3) is 0.455. The van der Waals surface area contributed by atoms with E-state index in [1.54, 1.807) is 0 Å². The zero-order valence-electron chi connectivity index (χ0n) is 8.24. The summed E-state index contributed by atoms with van der Waals surface area (Å²) in [6, 6.07) is 8.95. The van der Waals surface area contributed by atoms with Gasteiger partial charge in [0.25, 0.3) is 0 Å². The van der Waals surface area contributed by atoms with E-state index < -0.39 is 0 Å². The molecule has 0 aromatic heterocycles. The number of nitrogens with two attached hydrogens (primary N) is 2. The highest BCUT2D eigenvalue weighted by Crippen LogP contribution is 2.36. The lowest BCUT2D eigenvalue weighted by Crippen LogP contribution is -2.26. The maximum atomic E-state index is 6.04. The summed E-state index contributed by atoms with van der Waals surface area (Å²) in [4.78, 5) is 0. The lowest BCUT2D eigenvalue weighted by Gasteiger charge is -2.12. The Morgan fingerprint density at radius 1 is 1.29 bits per heavy atom. The molecule has 0 saturated heterocycles. The Kier molecular flexibility index (Phi) is 2.82. The summed E-state index contributed by atoms with van der Waals surface area (Å²) >= 11 is 0. The van der Waals surface area contributed by atoms with Crippen LogP contribution in [0.4, 0.5) is 0 Å². The van der Waals surface area contributed by atoms with E-state index >= 15 is 0 Å². The molecule has 2 unspecified atom stereocenters. The van der Waals surface area contributed by atoms with Gasteiger partial charge in [-0.15, -0.1) is 0 Å². The lowest BCUT2D eigenvalue weighted by atomic mass is 10.1. The second-order valence-corrected chi connectivity index (χ2v) is 3.77. The van der Waals surface area contributed by atoms with E-state index in [-0.39, 0.29) is 6.04 Å². The van der Waals surface area contributed by atoms with Crippen LogP contribution >= 0.6 is 0 Å². The van der Waals surface area contributed by atoms with Crippen LogP contribution in [0.25, 0.3) is 0 Å². The van der Waals surface area contributed by atoms with E-state index in [4.69, 9.17) is 11.5 Å². The Labute approximate surface area is 84.5 Å². The van der Waals surface area contributed by atoms with Gasteiger partial charge in [0.2, 0.25) is 0 Å². The molecule has 3 nitrogen and oxygen atoms in total. The van der Waals surface area contributed by atoms with E-state index in [9.17, 15) is 0 Å². The first-order valence-electron chi connectivity index (χ1n) is 5.11. The van der Waals surface area contributed by atoms with Gasteiger partial charge in [0, 0.05) is 25.2 Å². The number of nitrogens with one attached hydrogen (secondary N) is 1. The number of hydrogen-bond acceptors (Lipinski definition) is 3. The Balaban J connectivity index is 2.17. The number of benzene rings is 1. The number of fused-ring (bicyclic) bond motifs is 1. The SMILES string of the molecule is NCCNC1CC(N)c2ccccc21. The Morgan fingerprint density at radius 2 is 2.00 bits per heavy atom. The average Bonchev–Trinajstić information content (AvgIpc) is 2.54. The van der Waals surface area contributed by atoms with E-state index in [1.165, 1.54) is 11.1 Å². The van der Waals surface area contributed by atoms with Crippen LogP contribution in [0.15, 0.2) is 24.3 Å². The van der Waals surface area contributed by atoms with Crippen molar-refractivity contribution in [2.24, 2.45) is 11.5 Å². The first kappa shape index (κ1) is 9.65. The molecule has 0 aliphatic heterocycles. The molecule has 1 aliphatic carbocycles. The molecule has 1 aromatic rings. The summed E-state index contributed by atoms with van der Waals surface area (Å²) in [6.45, 7) is 1.53. The van der Waals surface area contributed by atoms with Gasteiger partial charge in [-0.25, -0.2) is 0 Å². The predicted octanol–water partition coefficient (Wildman–Crippen LogP) is 0.680. The summed E-state index contributed by atoms with van der Waals surface area (Å²) < 4.78 is 0. The van der Waals surface area contributed by atoms with Gasteiger partial charge in [0.1, 0.15) is 0 Å². The standard InChI is InChI=1S/C11H17N3/c12-5-6-14-11-7-10(13)8-3-1-2-4-9(8)11/h1-4,10-11,14H,5-7,12-13H2. The van der Waals surface area contributed by atoms with Crippen molar-refractivity contribution in [1.29, 1.82) is 0 Å². The third-order valence-corrected chi connectivity index (χ3v) is 2.80. The summed E-state index contributed by atoms with van der Waals surface area (Å²) in [6.07, 6.45) is 0.985. The average molecular weight is 191 g/mol. The maximum absolute atomic E-state index is 6.04. The van der Waals surface area contributed by atoms with Crippen molar-refractivity contribution in [1.82, 2.24) is 5.32 Å². The second kappa shape index (κ2) is 4.09. The van der Waals surface area contributed by atoms with Crippen LogP contribution < -0.4 is 16.8 Å². The molecular formula is C11H17N3. The van der Waals surface area contributed by atoms with E-state index in [2.05, 4.69) is 23.5 Å². The van der Waals surface area contributed by atoms with E-state index in [0.29, 0.717) is 12.6 Å². The Morgan fingerprint density at radius 3 is 2.71 bits per heavy atom. The molecule has 1 aliphatic rings. The number of rotatable bonds is 3. The topological polar surface area (TPSA) is 64.1 Å². The van der Waals surface area contributed by atoms with Crippen molar-refractivity contribution in [3.8, 4) is 0 Å². The van der Waals surface area contributed by atoms with Gasteiger partial charge < -0.3 is 16.8 Å². The molecule has 3 heteroatoms. The molecule has 0 heterocycles. The van der Waals surface area contributed by atoms with Crippen LogP contribution in [0.2, 0.25) is 0 Å². The third-order valence-electron chi connectivity index (χ3n) is 2.80. The van der Waals surface area contributed by atoms with Gasteiger partial charge in [0.15, 0.2) is 0 Å². The van der Waals surface area contributed by atoms with Gasteiger partial charge in [-0.3, -0.25) is 0 Å². The minimum absolute atomic E-state index is 0.182. The van der Waals surface area contributed by atoms with Crippen LogP contribution in [-0.4, -0.2) is 13.1 Å². The van der Waals surface area contributed by atoms with Crippen molar-refractivity contribution >= 4 is 0 Å². The third kappa shape index (κ3) is 1.66. The van der Waals surface area contributed by atoms with E-state index in [0.717, 1.165) is 13.0 Å². The summed E-state index contributed by atoms with van der Waals surface area (Å²) in [5.41, 5.74) is 14.1. The molecule has 5 N–H and O–H groups in total. The first-order chi connectivity index (χ1) is 6.83. The van der Waals surface area contributed by atoms with Gasteiger partial charge in [-0.05, 0) is 17.5 Å². The highest BCUT2D eigenvalue weighted by atomic mass is 14.9. The van der Waals surface area contributed by atoms with Crippen molar-refractivity contribution in [2.45, 2.75) is 18.5 Å². The first-order valence-corrected chi connectivity index (χ1v) is 5.11. The molecule has 0 fully saturated rings. The molecule has 0 radical (unpaired) electrons. The molecular weight excluding hydrogens is 174 g/mol. The molecule has 0 amide bonds. The Bertz CT molecular complexity index is 311. The van der Waals surface area contributed by atoms with Crippen LogP contribution in [0, 0.1) is 0 Å². The fourth-order valence-electron chi connectivity index (χ4n) is 2.12. The quantitative estimate of drug-likeness (QED) is 0.658. The monoisotopic (exact) mass is 191 g/mol. The predicted molar refractivity (Wildman–Crippen MR) is 57.8 cm³/mol. The molecule has 0 bridgehead atoms. The van der Waals surface area contributed by atoms with Crippen molar-refractivity contribution < 1.29 is 0 Å². The molecule has 76 valence electrons. The van der Waals surface area contributed by atoms with Gasteiger partial charge in [0.05, 0.1) is 0 Å². The zero-order valence-corrected chi connectivity index (χ0v) is 8.24. The highest BCUT2D eigenvalue weighted by molar-refractivity contribution is 5.37. The maximum Gasteiger partial charge on any atom is 0.0342 e. The van der Waals surface area contributed by atoms with Gasteiger partial charge in [-0.1, -0.05) is 24.3 Å². The molecule has 0 saturated carbocycles. The van der Waals surface area contributed by atoms with Crippen molar-refractivity contribution in [3.05, 3.63) is 35.4 Å². The molecule has 0 spiro atoms. The van der Waals surface area contributed by atoms with Crippen molar-refractivity contribution in [2.75, 3.05) is 13.1 Å². The minimum Gasteiger partial charge on any atom is -0.329 e. The second-order valence-electron chi connectivity index (χ2n) is 3.77. The highest BCUT2D eigenvalue weighted by Gasteiger charge is 2.27. The summed E-state index contributed by atoms with van der Waals surface area (Å²) in [5.74, 6) is 0. The van der Waals surface area contributed by atoms with Crippen LogP contribution in [0.5, 0.6) is 0 Å². The minimum atomic E-state index is 0.182. The van der Waals surface area contributed by atoms with Crippen LogP contribution in [0.1, 0.15) is 29.6 Å². The normalized spacial score (nSPS) is 25.0. The lowest BCUT2D eigenvalue weighted by molar-refractivity contribution is 0.505. The molecule has 2 atom stereocenters. The Hall–Kier alpha value is -0.900. The van der Waals surface area contributed by atoms with Crippen LogP contribution in [0.3, 0.4) is 0 Å². The molecule has 1 aromatic carbocycles. The van der Waals surface area contributed by atoms with Crippen LogP contribution in [-0.2, 0) is 0 Å².